The molecule has 9 heteroatoms. The Morgan fingerprint density at radius 1 is 1.21 bits per heavy atom. The van der Waals surface area contributed by atoms with Gasteiger partial charge in [-0.25, -0.2) is 4.39 Å². The summed E-state index contributed by atoms with van der Waals surface area (Å²) in [6.07, 6.45) is 6.18. The van der Waals surface area contributed by atoms with E-state index in [9.17, 15) is 14.0 Å². The van der Waals surface area contributed by atoms with Gasteiger partial charge in [-0.3, -0.25) is 19.6 Å². The average molecular weight is 480 g/mol. The summed E-state index contributed by atoms with van der Waals surface area (Å²) in [7, 11) is 0. The Balaban J connectivity index is 1.32. The first-order valence-corrected chi connectivity index (χ1v) is 11.7. The topological polar surface area (TPSA) is 87.5 Å². The summed E-state index contributed by atoms with van der Waals surface area (Å²) in [6.45, 7) is 1.97. The number of carbonyl (C=O) groups is 2. The lowest BCUT2D eigenvalue weighted by Crippen LogP contribution is -2.47. The molecule has 1 aliphatic heterocycles. The molecule has 1 aliphatic carbocycles. The van der Waals surface area contributed by atoms with E-state index in [1.807, 2.05) is 13.0 Å². The fourth-order valence-electron chi connectivity index (χ4n) is 5.01. The van der Waals surface area contributed by atoms with Crippen molar-refractivity contribution < 1.29 is 14.0 Å². The zero-order valence-corrected chi connectivity index (χ0v) is 19.3. The zero-order valence-electron chi connectivity index (χ0n) is 18.6. The van der Waals surface area contributed by atoms with Gasteiger partial charge in [-0.2, -0.15) is 10.1 Å². The van der Waals surface area contributed by atoms with Crippen molar-refractivity contribution >= 4 is 45.8 Å². The predicted molar refractivity (Wildman–Crippen MR) is 128 cm³/mol. The molecule has 1 fully saturated rings. The van der Waals surface area contributed by atoms with Crippen LogP contribution in [0.1, 0.15) is 49.4 Å². The van der Waals surface area contributed by atoms with E-state index in [-0.39, 0.29) is 22.9 Å². The number of halogens is 2. The molecule has 0 atom stereocenters. The zero-order chi connectivity index (χ0) is 23.9. The number of hydrogen-bond acceptors (Lipinski definition) is 5. The number of anilines is 1. The third-order valence-electron chi connectivity index (χ3n) is 6.77. The van der Waals surface area contributed by atoms with Crippen molar-refractivity contribution in [1.82, 2.24) is 15.3 Å². The Kier molecular flexibility index (Phi) is 5.77. The van der Waals surface area contributed by atoms with Crippen molar-refractivity contribution in [1.29, 1.82) is 0 Å². The van der Waals surface area contributed by atoms with Gasteiger partial charge in [0.05, 0.1) is 32.9 Å². The number of nitrogens with one attached hydrogen (secondary N) is 1. The minimum absolute atomic E-state index is 0.0700. The molecule has 7 nitrogen and oxygen atoms in total. The number of aromatic nitrogens is 2. The number of hydrogen-bond donors (Lipinski definition) is 1. The van der Waals surface area contributed by atoms with Gasteiger partial charge in [0.2, 0.25) is 0 Å². The van der Waals surface area contributed by atoms with Gasteiger partial charge in [-0.1, -0.05) is 24.6 Å². The van der Waals surface area contributed by atoms with E-state index >= 15 is 0 Å². The quantitative estimate of drug-likeness (QED) is 0.577. The molecule has 1 saturated carbocycles. The normalized spacial score (nSPS) is 22.3. The summed E-state index contributed by atoms with van der Waals surface area (Å²) in [4.78, 5) is 35.1. The van der Waals surface area contributed by atoms with Gasteiger partial charge < -0.3 is 5.32 Å². The van der Waals surface area contributed by atoms with Crippen LogP contribution in [0.2, 0.25) is 5.02 Å². The van der Waals surface area contributed by atoms with E-state index in [4.69, 9.17) is 11.6 Å². The number of hydrazone groups is 1. The van der Waals surface area contributed by atoms with Crippen LogP contribution in [0.25, 0.3) is 11.0 Å². The van der Waals surface area contributed by atoms with Crippen LogP contribution in [0, 0.1) is 11.2 Å². The number of rotatable bonds is 4. The highest BCUT2D eigenvalue weighted by molar-refractivity contribution is 6.34. The number of amides is 2. The first-order chi connectivity index (χ1) is 16.4. The molecule has 0 unspecified atom stereocenters. The molecular weight excluding hydrogens is 457 g/mol. The molecule has 2 aliphatic rings. The van der Waals surface area contributed by atoms with E-state index in [0.717, 1.165) is 5.71 Å². The second kappa shape index (κ2) is 8.76. The van der Waals surface area contributed by atoms with Gasteiger partial charge >= 0.3 is 0 Å². The van der Waals surface area contributed by atoms with Crippen LogP contribution >= 0.6 is 11.6 Å². The second-order valence-electron chi connectivity index (χ2n) is 8.67. The SMILES string of the molecule is CCC1=NN(c2ccc(F)cc2Cl)C(=O)C12CCC(NC(=O)c1cccc3nccnc13)CC2. The first kappa shape index (κ1) is 22.4. The summed E-state index contributed by atoms with van der Waals surface area (Å²) in [5.41, 5.74) is 2.16. The van der Waals surface area contributed by atoms with Crippen LogP contribution in [-0.4, -0.2) is 33.5 Å². The molecule has 1 spiro atoms. The summed E-state index contributed by atoms with van der Waals surface area (Å²) >= 11 is 6.21. The summed E-state index contributed by atoms with van der Waals surface area (Å²) in [6, 6.07) is 9.20. The number of para-hydroxylation sites is 1. The fourth-order valence-corrected chi connectivity index (χ4v) is 5.26. The molecule has 1 N–H and O–H groups in total. The van der Waals surface area contributed by atoms with E-state index in [2.05, 4.69) is 20.4 Å². The first-order valence-electron chi connectivity index (χ1n) is 11.3. The summed E-state index contributed by atoms with van der Waals surface area (Å²) < 4.78 is 13.5. The van der Waals surface area contributed by atoms with Crippen LogP contribution in [-0.2, 0) is 4.79 Å². The molecule has 5 rings (SSSR count). The Morgan fingerprint density at radius 3 is 2.71 bits per heavy atom. The van der Waals surface area contributed by atoms with Crippen molar-refractivity contribution in [2.45, 2.75) is 45.1 Å². The molecule has 3 aromatic rings. The maximum atomic E-state index is 13.5. The van der Waals surface area contributed by atoms with Crippen LogP contribution in [0.4, 0.5) is 10.1 Å². The molecule has 0 saturated heterocycles. The Labute approximate surface area is 201 Å². The predicted octanol–water partition coefficient (Wildman–Crippen LogP) is 4.89. The second-order valence-corrected chi connectivity index (χ2v) is 9.08. The molecule has 2 amide bonds. The van der Waals surface area contributed by atoms with E-state index in [1.165, 1.54) is 23.2 Å². The lowest BCUT2D eigenvalue weighted by Gasteiger charge is -2.36. The van der Waals surface area contributed by atoms with Crippen molar-refractivity contribution in [3.05, 3.63) is 65.2 Å². The molecule has 34 heavy (non-hydrogen) atoms. The largest absolute Gasteiger partial charge is 0.349 e. The van der Waals surface area contributed by atoms with Crippen molar-refractivity contribution in [3.8, 4) is 0 Å². The minimum atomic E-state index is -0.724. The highest BCUT2D eigenvalue weighted by Crippen LogP contribution is 2.46. The molecule has 2 aromatic carbocycles. The van der Waals surface area contributed by atoms with Crippen molar-refractivity contribution in [2.24, 2.45) is 10.5 Å². The molecule has 0 radical (unpaired) electrons. The molecule has 2 heterocycles. The van der Waals surface area contributed by atoms with Crippen LogP contribution in [0.15, 0.2) is 53.9 Å². The third kappa shape index (κ3) is 3.72. The molecule has 0 bridgehead atoms. The lowest BCUT2D eigenvalue weighted by molar-refractivity contribution is -0.125. The van der Waals surface area contributed by atoms with E-state index in [0.29, 0.717) is 54.4 Å². The Morgan fingerprint density at radius 2 is 1.97 bits per heavy atom. The maximum Gasteiger partial charge on any atom is 0.259 e. The van der Waals surface area contributed by atoms with Gasteiger partial charge in [0, 0.05) is 18.4 Å². The van der Waals surface area contributed by atoms with Crippen LogP contribution in [0.5, 0.6) is 0 Å². The van der Waals surface area contributed by atoms with Gasteiger partial charge in [0.1, 0.15) is 11.3 Å². The van der Waals surface area contributed by atoms with Gasteiger partial charge in [-0.05, 0) is 62.4 Å². The third-order valence-corrected chi connectivity index (χ3v) is 7.07. The molecule has 174 valence electrons. The monoisotopic (exact) mass is 479 g/mol. The van der Waals surface area contributed by atoms with Crippen LogP contribution < -0.4 is 10.3 Å². The maximum absolute atomic E-state index is 13.5. The smallest absolute Gasteiger partial charge is 0.259 e. The van der Waals surface area contributed by atoms with Crippen molar-refractivity contribution in [2.75, 3.05) is 5.01 Å². The highest BCUT2D eigenvalue weighted by Gasteiger charge is 2.52. The number of nitrogens with zero attached hydrogens (tertiary/aromatic N) is 4. The lowest BCUT2D eigenvalue weighted by atomic mass is 9.68. The van der Waals surface area contributed by atoms with Crippen molar-refractivity contribution in [3.63, 3.8) is 0 Å². The molecule has 1 aromatic heterocycles. The fraction of sp³-hybridized carbons (Fsp3) is 0.320. The Bertz CT molecular complexity index is 1310. The summed E-state index contributed by atoms with van der Waals surface area (Å²) in [5, 5.41) is 9.15. The number of benzene rings is 2. The Hall–Kier alpha value is -3.39. The number of fused-ring (bicyclic) bond motifs is 1. The highest BCUT2D eigenvalue weighted by atomic mass is 35.5. The molecular formula is C25H23ClFN5O2. The number of carbonyl (C=O) groups excluding carboxylic acids is 2. The average Bonchev–Trinajstić information content (AvgIpc) is 3.11. The van der Waals surface area contributed by atoms with Gasteiger partial charge in [0.15, 0.2) is 0 Å². The summed E-state index contributed by atoms with van der Waals surface area (Å²) in [5.74, 6) is -0.816. The minimum Gasteiger partial charge on any atom is -0.349 e. The standard InChI is InChI=1S/C25H23ClFN5O2/c1-2-21-25(24(34)32(31-21)20-7-6-15(27)14-18(20)26)10-8-16(9-11-25)30-23(33)17-4-3-5-19-22(17)29-13-12-28-19/h3-7,12-14,16H,2,8-11H2,1H3,(H,30,33). The van der Waals surface area contributed by atoms with Gasteiger partial charge in [-0.15, -0.1) is 0 Å². The van der Waals surface area contributed by atoms with E-state index in [1.54, 1.807) is 24.5 Å². The van der Waals surface area contributed by atoms with Gasteiger partial charge in [0.25, 0.3) is 11.8 Å². The van der Waals surface area contributed by atoms with E-state index < -0.39 is 11.2 Å². The van der Waals surface area contributed by atoms with Crippen LogP contribution in [0.3, 0.4) is 0 Å².